The predicted octanol–water partition coefficient (Wildman–Crippen LogP) is 2.37. The van der Waals surface area contributed by atoms with Gasteiger partial charge in [-0.1, -0.05) is 19.1 Å². The van der Waals surface area contributed by atoms with Crippen LogP contribution in [0.4, 0.5) is 4.39 Å². The molecule has 0 unspecified atom stereocenters. The molecule has 0 aromatic heterocycles. The molecule has 0 bridgehead atoms. The molecule has 2 atom stereocenters. The van der Waals surface area contributed by atoms with Crippen molar-refractivity contribution in [1.82, 2.24) is 10.6 Å². The molecule has 114 valence electrons. The largest absolute Gasteiger partial charge is 0.348 e. The Hall–Kier alpha value is -1.91. The molecule has 1 fully saturated rings. The minimum atomic E-state index is -0.476. The number of benzene rings is 1. The molecule has 1 saturated heterocycles. The van der Waals surface area contributed by atoms with Crippen LogP contribution in [-0.2, 0) is 9.59 Å². The van der Waals surface area contributed by atoms with Gasteiger partial charge in [0.15, 0.2) is 0 Å². The summed E-state index contributed by atoms with van der Waals surface area (Å²) in [5.74, 6) is -0.558. The van der Waals surface area contributed by atoms with Crippen molar-refractivity contribution in [1.29, 1.82) is 0 Å². The number of rotatable bonds is 4. The first-order valence-corrected chi connectivity index (χ1v) is 7.37. The smallest absolute Gasteiger partial charge is 0.243 e. The lowest BCUT2D eigenvalue weighted by Gasteiger charge is -2.25. The van der Waals surface area contributed by atoms with Crippen molar-refractivity contribution in [2.45, 2.75) is 51.6 Å². The van der Waals surface area contributed by atoms with E-state index in [9.17, 15) is 14.0 Å². The van der Waals surface area contributed by atoms with Crippen LogP contribution in [0.15, 0.2) is 18.2 Å². The van der Waals surface area contributed by atoms with Gasteiger partial charge in [0.2, 0.25) is 11.8 Å². The van der Waals surface area contributed by atoms with Crippen molar-refractivity contribution in [3.8, 4) is 0 Å². The van der Waals surface area contributed by atoms with Gasteiger partial charge in [0.05, 0.1) is 6.04 Å². The second-order valence-electron chi connectivity index (χ2n) is 5.49. The molecule has 2 amide bonds. The van der Waals surface area contributed by atoms with Gasteiger partial charge in [-0.2, -0.15) is 0 Å². The summed E-state index contributed by atoms with van der Waals surface area (Å²) in [7, 11) is 0. The first-order chi connectivity index (χ1) is 10.0. The minimum absolute atomic E-state index is 0.0872. The van der Waals surface area contributed by atoms with E-state index >= 15 is 0 Å². The molecular weight excluding hydrogens is 271 g/mol. The maximum absolute atomic E-state index is 13.6. The van der Waals surface area contributed by atoms with Crippen LogP contribution in [0.1, 0.15) is 49.8 Å². The molecule has 1 aromatic rings. The van der Waals surface area contributed by atoms with Crippen LogP contribution in [0, 0.1) is 12.7 Å². The summed E-state index contributed by atoms with van der Waals surface area (Å²) in [6, 6.07) is 4.28. The SMILES string of the molecule is CC[C@@H](NC(=O)[C@H]1CCCC(=O)N1)c1ccc(C)c(F)c1. The number of aryl methyl sites for hydroxylation is 1. The summed E-state index contributed by atoms with van der Waals surface area (Å²) in [4.78, 5) is 23.6. The molecule has 1 aliphatic rings. The van der Waals surface area contributed by atoms with E-state index in [-0.39, 0.29) is 23.7 Å². The number of amides is 2. The number of carbonyl (C=O) groups excluding carboxylic acids is 2. The van der Waals surface area contributed by atoms with E-state index in [1.165, 1.54) is 6.07 Å². The van der Waals surface area contributed by atoms with Crippen LogP contribution in [0.25, 0.3) is 0 Å². The zero-order valence-corrected chi connectivity index (χ0v) is 12.4. The number of carbonyl (C=O) groups is 2. The van der Waals surface area contributed by atoms with Crippen molar-refractivity contribution in [3.05, 3.63) is 35.1 Å². The minimum Gasteiger partial charge on any atom is -0.348 e. The quantitative estimate of drug-likeness (QED) is 0.895. The lowest BCUT2D eigenvalue weighted by molar-refractivity contribution is -0.131. The van der Waals surface area contributed by atoms with Crippen LogP contribution < -0.4 is 10.6 Å². The Morgan fingerprint density at radius 2 is 2.29 bits per heavy atom. The van der Waals surface area contributed by atoms with E-state index in [2.05, 4.69) is 10.6 Å². The lowest BCUT2D eigenvalue weighted by atomic mass is 10.00. The third-order valence-electron chi connectivity index (χ3n) is 3.87. The van der Waals surface area contributed by atoms with Gasteiger partial charge in [-0.3, -0.25) is 9.59 Å². The molecule has 0 spiro atoms. The summed E-state index contributed by atoms with van der Waals surface area (Å²) < 4.78 is 13.6. The van der Waals surface area contributed by atoms with Crippen LogP contribution >= 0.6 is 0 Å². The molecule has 0 radical (unpaired) electrons. The van der Waals surface area contributed by atoms with E-state index < -0.39 is 6.04 Å². The molecule has 1 heterocycles. The molecule has 0 saturated carbocycles. The first-order valence-electron chi connectivity index (χ1n) is 7.37. The van der Waals surface area contributed by atoms with E-state index in [4.69, 9.17) is 0 Å². The molecule has 0 aliphatic carbocycles. The van der Waals surface area contributed by atoms with Crippen LogP contribution in [-0.4, -0.2) is 17.9 Å². The maximum atomic E-state index is 13.6. The van der Waals surface area contributed by atoms with Crippen LogP contribution in [0.3, 0.4) is 0 Å². The number of piperidine rings is 1. The van der Waals surface area contributed by atoms with Gasteiger partial charge in [-0.25, -0.2) is 4.39 Å². The second kappa shape index (κ2) is 6.70. The normalized spacial score (nSPS) is 19.8. The monoisotopic (exact) mass is 292 g/mol. The summed E-state index contributed by atoms with van der Waals surface area (Å²) in [5.41, 5.74) is 1.33. The lowest BCUT2D eigenvalue weighted by Crippen LogP contribution is -2.49. The Labute approximate surface area is 124 Å². The van der Waals surface area contributed by atoms with Gasteiger partial charge in [0.25, 0.3) is 0 Å². The van der Waals surface area contributed by atoms with E-state index in [0.717, 1.165) is 12.0 Å². The molecule has 2 rings (SSSR count). The predicted molar refractivity (Wildman–Crippen MR) is 78.1 cm³/mol. The van der Waals surface area contributed by atoms with Crippen molar-refractivity contribution in [3.63, 3.8) is 0 Å². The van der Waals surface area contributed by atoms with Crippen molar-refractivity contribution >= 4 is 11.8 Å². The zero-order valence-electron chi connectivity index (χ0n) is 12.4. The third kappa shape index (κ3) is 3.80. The van der Waals surface area contributed by atoms with Crippen molar-refractivity contribution < 1.29 is 14.0 Å². The highest BCUT2D eigenvalue weighted by atomic mass is 19.1. The van der Waals surface area contributed by atoms with E-state index in [1.54, 1.807) is 13.0 Å². The van der Waals surface area contributed by atoms with Gasteiger partial charge in [0.1, 0.15) is 11.9 Å². The Morgan fingerprint density at radius 3 is 2.90 bits per heavy atom. The van der Waals surface area contributed by atoms with Crippen LogP contribution in [0.5, 0.6) is 0 Å². The fourth-order valence-electron chi connectivity index (χ4n) is 2.52. The molecule has 1 aliphatic heterocycles. The highest BCUT2D eigenvalue weighted by Crippen LogP contribution is 2.20. The molecule has 4 nitrogen and oxygen atoms in total. The third-order valence-corrected chi connectivity index (χ3v) is 3.87. The van der Waals surface area contributed by atoms with E-state index in [1.807, 2.05) is 13.0 Å². The fraction of sp³-hybridized carbons (Fsp3) is 0.500. The second-order valence-corrected chi connectivity index (χ2v) is 5.49. The van der Waals surface area contributed by atoms with Crippen molar-refractivity contribution in [2.24, 2.45) is 0 Å². The van der Waals surface area contributed by atoms with E-state index in [0.29, 0.717) is 24.8 Å². The van der Waals surface area contributed by atoms with Gasteiger partial charge in [0, 0.05) is 6.42 Å². The van der Waals surface area contributed by atoms with Crippen LogP contribution in [0.2, 0.25) is 0 Å². The zero-order chi connectivity index (χ0) is 15.4. The van der Waals surface area contributed by atoms with Gasteiger partial charge in [-0.15, -0.1) is 0 Å². The van der Waals surface area contributed by atoms with Gasteiger partial charge < -0.3 is 10.6 Å². The molecule has 2 N–H and O–H groups in total. The Kier molecular flexibility index (Phi) is 4.94. The molecule has 5 heteroatoms. The van der Waals surface area contributed by atoms with Gasteiger partial charge in [-0.05, 0) is 43.4 Å². The summed E-state index contributed by atoms with van der Waals surface area (Å²) >= 11 is 0. The van der Waals surface area contributed by atoms with Crippen molar-refractivity contribution in [2.75, 3.05) is 0 Å². The summed E-state index contributed by atoms with van der Waals surface area (Å²) in [6.07, 6.45) is 2.51. The average molecular weight is 292 g/mol. The Bertz CT molecular complexity index is 545. The average Bonchev–Trinajstić information content (AvgIpc) is 2.47. The number of hydrogen-bond donors (Lipinski definition) is 2. The molecule has 21 heavy (non-hydrogen) atoms. The molecular formula is C16H21FN2O2. The number of hydrogen-bond acceptors (Lipinski definition) is 2. The van der Waals surface area contributed by atoms with Gasteiger partial charge >= 0.3 is 0 Å². The topological polar surface area (TPSA) is 58.2 Å². The maximum Gasteiger partial charge on any atom is 0.243 e. The summed E-state index contributed by atoms with van der Waals surface area (Å²) in [5, 5.41) is 5.59. The highest BCUT2D eigenvalue weighted by Gasteiger charge is 2.26. The first kappa shape index (κ1) is 15.5. The standard InChI is InChI=1S/C16H21FN2O2/c1-3-13(11-8-7-10(2)12(17)9-11)19-16(21)14-5-4-6-15(20)18-14/h7-9,13-14H,3-6H2,1-2H3,(H,18,20)(H,19,21)/t13-,14-/m1/s1. The Balaban J connectivity index is 2.05. The number of halogens is 1. The number of nitrogens with one attached hydrogen (secondary N) is 2. The Morgan fingerprint density at radius 1 is 1.52 bits per heavy atom. The fourth-order valence-corrected chi connectivity index (χ4v) is 2.52. The molecule has 1 aromatic carbocycles. The highest BCUT2D eigenvalue weighted by molar-refractivity contribution is 5.88. The summed E-state index contributed by atoms with van der Waals surface area (Å²) in [6.45, 7) is 3.64.